The van der Waals surface area contributed by atoms with Crippen molar-refractivity contribution in [3.05, 3.63) is 49.1 Å². The fourth-order valence-corrected chi connectivity index (χ4v) is 3.28. The highest BCUT2D eigenvalue weighted by molar-refractivity contribution is 14.1. The first-order chi connectivity index (χ1) is 11.1. The van der Waals surface area contributed by atoms with Gasteiger partial charge >= 0.3 is 0 Å². The SMILES string of the molecule is CCOc1cc(C(=O)Nc2ccccc2I)cc(I)c1OCC. The van der Waals surface area contributed by atoms with E-state index in [-0.39, 0.29) is 5.91 Å². The summed E-state index contributed by atoms with van der Waals surface area (Å²) in [6, 6.07) is 11.2. The van der Waals surface area contributed by atoms with Gasteiger partial charge in [-0.25, -0.2) is 0 Å². The molecular formula is C17H17I2NO3. The third kappa shape index (κ3) is 4.72. The highest BCUT2D eigenvalue weighted by Crippen LogP contribution is 2.34. The summed E-state index contributed by atoms with van der Waals surface area (Å²) in [5, 5.41) is 2.93. The number of nitrogens with one attached hydrogen (secondary N) is 1. The molecule has 0 saturated heterocycles. The molecule has 2 aromatic carbocycles. The summed E-state index contributed by atoms with van der Waals surface area (Å²) in [6.07, 6.45) is 0. The lowest BCUT2D eigenvalue weighted by Gasteiger charge is -2.15. The maximum absolute atomic E-state index is 12.5. The molecule has 0 heterocycles. The van der Waals surface area contributed by atoms with Crippen molar-refractivity contribution < 1.29 is 14.3 Å². The molecule has 0 aliphatic rings. The van der Waals surface area contributed by atoms with Crippen LogP contribution in [0.15, 0.2) is 36.4 Å². The van der Waals surface area contributed by atoms with Crippen molar-refractivity contribution in [2.75, 3.05) is 18.5 Å². The number of hydrogen-bond acceptors (Lipinski definition) is 3. The Balaban J connectivity index is 2.31. The van der Waals surface area contributed by atoms with E-state index in [4.69, 9.17) is 9.47 Å². The molecule has 0 aromatic heterocycles. The van der Waals surface area contributed by atoms with Crippen LogP contribution in [0.1, 0.15) is 24.2 Å². The van der Waals surface area contributed by atoms with Crippen molar-refractivity contribution in [1.29, 1.82) is 0 Å². The smallest absolute Gasteiger partial charge is 0.255 e. The molecule has 1 N–H and O–H groups in total. The van der Waals surface area contributed by atoms with E-state index in [2.05, 4.69) is 50.5 Å². The van der Waals surface area contributed by atoms with Crippen LogP contribution in [0.25, 0.3) is 0 Å². The number of amides is 1. The van der Waals surface area contributed by atoms with Crippen molar-refractivity contribution in [3.8, 4) is 11.5 Å². The first-order valence-electron chi connectivity index (χ1n) is 7.21. The first kappa shape index (κ1) is 18.3. The molecule has 1 amide bonds. The fourth-order valence-electron chi connectivity index (χ4n) is 2.00. The summed E-state index contributed by atoms with van der Waals surface area (Å²) in [5.74, 6) is 1.10. The van der Waals surface area contributed by atoms with Crippen LogP contribution in [0.5, 0.6) is 11.5 Å². The van der Waals surface area contributed by atoms with E-state index in [1.54, 1.807) is 12.1 Å². The standard InChI is InChI=1S/C17H17I2NO3/c1-3-22-15-10-11(9-13(19)16(15)23-4-2)17(21)20-14-8-6-5-7-12(14)18/h5-10H,3-4H2,1-2H3,(H,20,21). The Morgan fingerprint density at radius 2 is 1.74 bits per heavy atom. The van der Waals surface area contributed by atoms with Crippen molar-refractivity contribution in [1.82, 2.24) is 0 Å². The summed E-state index contributed by atoms with van der Waals surface area (Å²) >= 11 is 4.35. The Kier molecular flexibility index (Phi) is 6.94. The van der Waals surface area contributed by atoms with Crippen molar-refractivity contribution in [2.24, 2.45) is 0 Å². The van der Waals surface area contributed by atoms with Crippen molar-refractivity contribution in [3.63, 3.8) is 0 Å². The van der Waals surface area contributed by atoms with Gasteiger partial charge in [0.25, 0.3) is 5.91 Å². The van der Waals surface area contributed by atoms with E-state index >= 15 is 0 Å². The van der Waals surface area contributed by atoms with Crippen LogP contribution in [0.4, 0.5) is 5.69 Å². The van der Waals surface area contributed by atoms with E-state index in [0.29, 0.717) is 30.3 Å². The summed E-state index contributed by atoms with van der Waals surface area (Å²) < 4.78 is 13.1. The quantitative estimate of drug-likeness (QED) is 0.532. The highest BCUT2D eigenvalue weighted by atomic mass is 127. The summed E-state index contributed by atoms with van der Waals surface area (Å²) in [4.78, 5) is 12.5. The number of carbonyl (C=O) groups excluding carboxylic acids is 1. The second kappa shape index (κ2) is 8.72. The summed E-state index contributed by atoms with van der Waals surface area (Å²) in [7, 11) is 0. The number of para-hydroxylation sites is 1. The first-order valence-corrected chi connectivity index (χ1v) is 9.37. The molecule has 4 nitrogen and oxygen atoms in total. The van der Waals surface area contributed by atoms with Crippen LogP contribution in [0, 0.1) is 7.14 Å². The van der Waals surface area contributed by atoms with E-state index in [9.17, 15) is 4.79 Å². The number of benzene rings is 2. The van der Waals surface area contributed by atoms with Gasteiger partial charge in [0, 0.05) is 9.13 Å². The van der Waals surface area contributed by atoms with E-state index < -0.39 is 0 Å². The largest absolute Gasteiger partial charge is 0.490 e. The van der Waals surface area contributed by atoms with Crippen LogP contribution in [0.3, 0.4) is 0 Å². The lowest BCUT2D eigenvalue weighted by molar-refractivity contribution is 0.102. The van der Waals surface area contributed by atoms with Gasteiger partial charge in [0.1, 0.15) is 0 Å². The zero-order valence-corrected chi connectivity index (χ0v) is 17.2. The lowest BCUT2D eigenvalue weighted by atomic mass is 10.2. The molecule has 0 fully saturated rings. The predicted octanol–water partition coefficient (Wildman–Crippen LogP) is 4.95. The molecule has 0 spiro atoms. The second-order valence-corrected chi connectivity index (χ2v) is 6.91. The number of halogens is 2. The van der Waals surface area contributed by atoms with E-state index in [1.165, 1.54) is 0 Å². The van der Waals surface area contributed by atoms with Gasteiger partial charge in [-0.05, 0) is 83.3 Å². The monoisotopic (exact) mass is 537 g/mol. The Morgan fingerprint density at radius 3 is 2.39 bits per heavy atom. The number of rotatable bonds is 6. The molecule has 0 bridgehead atoms. The average molecular weight is 537 g/mol. The topological polar surface area (TPSA) is 47.6 Å². The number of ether oxygens (including phenoxy) is 2. The zero-order chi connectivity index (χ0) is 16.8. The molecule has 0 saturated carbocycles. The van der Waals surface area contributed by atoms with Crippen LogP contribution in [-0.4, -0.2) is 19.1 Å². The molecule has 2 aromatic rings. The van der Waals surface area contributed by atoms with Crippen LogP contribution < -0.4 is 14.8 Å². The van der Waals surface area contributed by atoms with Gasteiger partial charge < -0.3 is 14.8 Å². The minimum absolute atomic E-state index is 0.170. The van der Waals surface area contributed by atoms with Gasteiger partial charge in [0.05, 0.1) is 22.5 Å². The molecule has 6 heteroatoms. The fraction of sp³-hybridized carbons (Fsp3) is 0.235. The molecule has 23 heavy (non-hydrogen) atoms. The van der Waals surface area contributed by atoms with Crippen molar-refractivity contribution >= 4 is 56.8 Å². The molecule has 2 rings (SSSR count). The van der Waals surface area contributed by atoms with E-state index in [0.717, 1.165) is 12.8 Å². The molecule has 0 aliphatic heterocycles. The zero-order valence-electron chi connectivity index (χ0n) is 12.9. The maximum Gasteiger partial charge on any atom is 0.255 e. The van der Waals surface area contributed by atoms with Crippen LogP contribution in [0.2, 0.25) is 0 Å². The second-order valence-electron chi connectivity index (χ2n) is 4.59. The minimum atomic E-state index is -0.170. The van der Waals surface area contributed by atoms with Gasteiger partial charge in [0.2, 0.25) is 0 Å². The van der Waals surface area contributed by atoms with Crippen LogP contribution >= 0.6 is 45.2 Å². The Labute approximate surface area is 163 Å². The number of hydrogen-bond donors (Lipinski definition) is 1. The molecule has 122 valence electrons. The average Bonchev–Trinajstić information content (AvgIpc) is 2.53. The summed E-state index contributed by atoms with van der Waals surface area (Å²) in [6.45, 7) is 4.88. The molecule has 0 unspecified atom stereocenters. The predicted molar refractivity (Wildman–Crippen MR) is 109 cm³/mol. The highest BCUT2D eigenvalue weighted by Gasteiger charge is 2.16. The number of carbonyl (C=O) groups is 1. The minimum Gasteiger partial charge on any atom is -0.490 e. The third-order valence-electron chi connectivity index (χ3n) is 2.98. The maximum atomic E-state index is 12.5. The molecule has 0 radical (unpaired) electrons. The van der Waals surface area contributed by atoms with Gasteiger partial charge in [0.15, 0.2) is 11.5 Å². The molecule has 0 aliphatic carbocycles. The Hall–Kier alpha value is -1.03. The molecular weight excluding hydrogens is 520 g/mol. The third-order valence-corrected chi connectivity index (χ3v) is 4.72. The van der Waals surface area contributed by atoms with Gasteiger partial charge in [-0.3, -0.25) is 4.79 Å². The van der Waals surface area contributed by atoms with Crippen LogP contribution in [-0.2, 0) is 0 Å². The van der Waals surface area contributed by atoms with Gasteiger partial charge in [-0.1, -0.05) is 12.1 Å². The Morgan fingerprint density at radius 1 is 1.04 bits per heavy atom. The Bertz CT molecular complexity index is 704. The van der Waals surface area contributed by atoms with Gasteiger partial charge in [-0.2, -0.15) is 0 Å². The normalized spacial score (nSPS) is 10.3. The summed E-state index contributed by atoms with van der Waals surface area (Å²) in [5.41, 5.74) is 1.33. The lowest BCUT2D eigenvalue weighted by Crippen LogP contribution is -2.14. The van der Waals surface area contributed by atoms with Crippen molar-refractivity contribution in [2.45, 2.75) is 13.8 Å². The molecule has 0 atom stereocenters. The number of anilines is 1. The van der Waals surface area contributed by atoms with E-state index in [1.807, 2.05) is 38.1 Å². The van der Waals surface area contributed by atoms with Gasteiger partial charge in [-0.15, -0.1) is 0 Å².